The number of aryl methyl sites for hydroxylation is 2. The van der Waals surface area contributed by atoms with Crippen molar-refractivity contribution < 1.29 is 34.4 Å². The van der Waals surface area contributed by atoms with Crippen LogP contribution in [0.4, 0.5) is 0 Å². The summed E-state index contributed by atoms with van der Waals surface area (Å²) in [4.78, 5) is 16.6. The fourth-order valence-corrected chi connectivity index (χ4v) is 6.68. The van der Waals surface area contributed by atoms with Gasteiger partial charge in [0, 0.05) is 60.5 Å². The van der Waals surface area contributed by atoms with Crippen LogP contribution >= 0.6 is 0 Å². The van der Waals surface area contributed by atoms with Crippen LogP contribution in [0.1, 0.15) is 116 Å². The van der Waals surface area contributed by atoms with Crippen molar-refractivity contribution in [2.24, 2.45) is 17.3 Å². The zero-order valence-corrected chi connectivity index (χ0v) is 31.6. The summed E-state index contributed by atoms with van der Waals surface area (Å²) >= 11 is 0. The minimum Gasteiger partial charge on any atom is -0.512 e. The van der Waals surface area contributed by atoms with Crippen molar-refractivity contribution in [1.82, 2.24) is 4.98 Å². The summed E-state index contributed by atoms with van der Waals surface area (Å²) in [5.74, 6) is 0.547. The van der Waals surface area contributed by atoms with E-state index in [-0.39, 0.29) is 54.3 Å². The van der Waals surface area contributed by atoms with Crippen LogP contribution in [-0.2, 0) is 36.7 Å². The van der Waals surface area contributed by atoms with Crippen LogP contribution < -0.4 is 0 Å². The van der Waals surface area contributed by atoms with E-state index in [1.807, 2.05) is 33.9 Å². The Morgan fingerprint density at radius 3 is 2.18 bits per heavy atom. The molecule has 1 aliphatic carbocycles. The predicted molar refractivity (Wildman–Crippen MR) is 184 cm³/mol. The van der Waals surface area contributed by atoms with E-state index in [1.54, 1.807) is 0 Å². The minimum absolute atomic E-state index is 0. The summed E-state index contributed by atoms with van der Waals surface area (Å²) in [7, 11) is 0. The van der Waals surface area contributed by atoms with E-state index < -0.39 is 0 Å². The second-order valence-corrected chi connectivity index (χ2v) is 14.4. The van der Waals surface area contributed by atoms with E-state index in [0.29, 0.717) is 0 Å². The molecule has 0 saturated heterocycles. The Hall–Kier alpha value is -2.75. The molecule has 4 nitrogen and oxygen atoms in total. The second-order valence-electron chi connectivity index (χ2n) is 14.4. The first-order valence-corrected chi connectivity index (χ1v) is 16.5. The first kappa shape index (κ1) is 36.7. The smallest absolute Gasteiger partial charge is 0.162 e. The van der Waals surface area contributed by atoms with Gasteiger partial charge in [-0.1, -0.05) is 81.4 Å². The van der Waals surface area contributed by atoms with Crippen LogP contribution in [0, 0.1) is 37.2 Å². The number of hydrogen-bond acceptors (Lipinski definition) is 4. The van der Waals surface area contributed by atoms with Gasteiger partial charge in [-0.25, -0.2) is 0 Å². The average Bonchev–Trinajstić information content (AvgIpc) is 3.33. The number of hydrogen-bond donors (Lipinski definition) is 1. The Bertz CT molecular complexity index is 1690. The van der Waals surface area contributed by atoms with Crippen molar-refractivity contribution in [2.75, 3.05) is 0 Å². The maximum atomic E-state index is 11.7. The number of aliphatic hydroxyl groups is 1. The number of carbonyl (C=O) groups excluding carboxylic acids is 1. The molecule has 1 aliphatic rings. The maximum absolute atomic E-state index is 11.7. The Labute approximate surface area is 284 Å². The summed E-state index contributed by atoms with van der Waals surface area (Å²) in [5.41, 5.74) is 10.3. The van der Waals surface area contributed by atoms with Gasteiger partial charge in [0.25, 0.3) is 0 Å². The summed E-state index contributed by atoms with van der Waals surface area (Å²) in [6, 6.07) is 12.5. The monoisotopic (exact) mass is 787 g/mol. The van der Waals surface area contributed by atoms with Crippen molar-refractivity contribution in [3.8, 4) is 11.3 Å². The van der Waals surface area contributed by atoms with Gasteiger partial charge in [-0.2, -0.15) is 0 Å². The van der Waals surface area contributed by atoms with Crippen molar-refractivity contribution >= 4 is 27.7 Å². The topological polar surface area (TPSA) is 63.3 Å². The quantitative estimate of drug-likeness (QED) is 0.110. The zero-order chi connectivity index (χ0) is 32.6. The molecule has 45 heavy (non-hydrogen) atoms. The van der Waals surface area contributed by atoms with E-state index >= 15 is 0 Å². The van der Waals surface area contributed by atoms with Gasteiger partial charge in [-0.05, 0) is 66.7 Å². The molecule has 0 spiro atoms. The molecule has 0 aliphatic heterocycles. The standard InChI is InChI=1S/C27H28NO.C13H24O2.Ir/c1-15-8-10-18-20(12-15)27(6,7)19-11-9-17(13-26(3,4)5)25-21(19)22-23(18)28-14-16(2)24(22)29-25;1-5-10(6-2)12(14)9-13(15)11(7-3)8-4;/h8-9,11-12,14H,13H2,1-7H3;9-11,14H,5-8H2,1-4H3;/q-1;;/b;12-9-;. The number of nitrogens with zero attached hydrogens (tertiary/aromatic N) is 1. The van der Waals surface area contributed by atoms with E-state index in [0.717, 1.165) is 65.5 Å². The Kier molecular flexibility index (Phi) is 11.7. The predicted octanol–water partition coefficient (Wildman–Crippen LogP) is 11.2. The summed E-state index contributed by atoms with van der Waals surface area (Å²) in [6.07, 6.45) is 7.83. The number of carbonyl (C=O) groups is 1. The molecule has 5 rings (SSSR count). The molecule has 2 aromatic carbocycles. The number of rotatable bonds is 8. The van der Waals surface area contributed by atoms with Crippen LogP contribution in [0.5, 0.6) is 0 Å². The molecule has 1 N–H and O–H groups in total. The minimum atomic E-state index is -0.165. The number of aliphatic hydroxyl groups excluding tert-OH is 1. The first-order chi connectivity index (χ1) is 20.7. The van der Waals surface area contributed by atoms with E-state index in [2.05, 4.69) is 78.8 Å². The third kappa shape index (κ3) is 7.31. The molecule has 0 amide bonds. The number of pyridine rings is 1. The number of ketones is 1. The molecule has 0 bridgehead atoms. The molecule has 245 valence electrons. The Morgan fingerprint density at radius 2 is 1.60 bits per heavy atom. The third-order valence-electron chi connectivity index (χ3n) is 9.37. The van der Waals surface area contributed by atoms with E-state index in [4.69, 9.17) is 9.40 Å². The second kappa shape index (κ2) is 14.3. The molecule has 0 fully saturated rings. The Balaban J connectivity index is 0.000000297. The molecular weight excluding hydrogens is 735 g/mol. The van der Waals surface area contributed by atoms with Gasteiger partial charge < -0.3 is 14.5 Å². The molecule has 4 aromatic rings. The van der Waals surface area contributed by atoms with Crippen LogP contribution in [0.3, 0.4) is 0 Å². The third-order valence-corrected chi connectivity index (χ3v) is 9.37. The molecule has 2 heterocycles. The Morgan fingerprint density at radius 1 is 0.978 bits per heavy atom. The number of fused-ring (bicyclic) bond motifs is 2. The van der Waals surface area contributed by atoms with Crippen LogP contribution in [0.15, 0.2) is 46.7 Å². The molecule has 0 unspecified atom stereocenters. The van der Waals surface area contributed by atoms with Gasteiger partial charge in [-0.15, -0.1) is 34.9 Å². The van der Waals surface area contributed by atoms with Gasteiger partial charge in [0.05, 0.1) is 5.76 Å². The largest absolute Gasteiger partial charge is 0.512 e. The molecule has 1 radical (unpaired) electrons. The molecule has 5 heteroatoms. The molecule has 2 aromatic heterocycles. The number of benzene rings is 2. The normalized spacial score (nSPS) is 13.9. The number of allylic oxidation sites excluding steroid dienone is 2. The van der Waals surface area contributed by atoms with Crippen molar-refractivity contribution in [3.05, 3.63) is 76.2 Å². The van der Waals surface area contributed by atoms with Crippen molar-refractivity contribution in [1.29, 1.82) is 0 Å². The van der Waals surface area contributed by atoms with E-state index in [1.165, 1.54) is 33.7 Å². The van der Waals surface area contributed by atoms with Gasteiger partial charge in [-0.3, -0.25) is 4.79 Å². The van der Waals surface area contributed by atoms with Gasteiger partial charge in [0.2, 0.25) is 0 Å². The number of aromatic nitrogens is 1. The van der Waals surface area contributed by atoms with Crippen LogP contribution in [-0.4, -0.2) is 15.9 Å². The van der Waals surface area contributed by atoms with Crippen molar-refractivity contribution in [3.63, 3.8) is 0 Å². The SMILES string of the molecule is CCC(CC)C(=O)/C=C(\O)C(CC)CC.Cc1c[c-]c2c(c1)C(C)(C)c1ccc(CC(C)(C)C)c3oc4c(C)cnc-2c4c13.[Ir]. The fraction of sp³-hybridized carbons (Fsp3) is 0.500. The van der Waals surface area contributed by atoms with Crippen LogP contribution in [0.25, 0.3) is 33.2 Å². The average molecular weight is 787 g/mol. The molecular formula is C40H52IrNO3-. The summed E-state index contributed by atoms with van der Waals surface area (Å²) in [5, 5.41) is 12.1. The van der Waals surface area contributed by atoms with Gasteiger partial charge >= 0.3 is 0 Å². The first-order valence-electron chi connectivity index (χ1n) is 16.5. The van der Waals surface area contributed by atoms with Crippen LogP contribution in [0.2, 0.25) is 0 Å². The van der Waals surface area contributed by atoms with Crippen molar-refractivity contribution in [2.45, 2.75) is 114 Å². The number of furan rings is 1. The zero-order valence-electron chi connectivity index (χ0n) is 29.2. The summed E-state index contributed by atoms with van der Waals surface area (Å²) in [6.45, 7) is 23.8. The maximum Gasteiger partial charge on any atom is 0.162 e. The fourth-order valence-electron chi connectivity index (χ4n) is 6.68. The van der Waals surface area contributed by atoms with Gasteiger partial charge in [0.1, 0.15) is 11.2 Å². The molecule has 0 saturated carbocycles. The summed E-state index contributed by atoms with van der Waals surface area (Å²) < 4.78 is 6.60. The van der Waals surface area contributed by atoms with E-state index in [9.17, 15) is 9.90 Å². The van der Waals surface area contributed by atoms with Gasteiger partial charge in [0.15, 0.2) is 5.78 Å². The molecule has 0 atom stereocenters.